The minimum atomic E-state index is -0.643. The van der Waals surface area contributed by atoms with Crippen molar-refractivity contribution in [1.29, 1.82) is 0 Å². The Labute approximate surface area is 88.0 Å². The Bertz CT molecular complexity index is 388. The first kappa shape index (κ1) is 11.7. The van der Waals surface area contributed by atoms with E-state index in [4.69, 9.17) is 10.5 Å². The van der Waals surface area contributed by atoms with Crippen molar-refractivity contribution in [3.8, 4) is 5.75 Å². The Morgan fingerprint density at radius 2 is 2.13 bits per heavy atom. The number of carbonyl (C=O) groups is 1. The van der Waals surface area contributed by atoms with Gasteiger partial charge in [0.2, 0.25) is 0 Å². The standard InChI is InChI=1S/C11H14FNO2/c1-6-9(11(14)7(2)13)4-8(12)5-10(6)15-3/h4-5,7H,13H2,1-3H3. The maximum absolute atomic E-state index is 13.1. The highest BCUT2D eigenvalue weighted by Gasteiger charge is 2.17. The molecule has 82 valence electrons. The lowest BCUT2D eigenvalue weighted by Crippen LogP contribution is -2.27. The largest absolute Gasteiger partial charge is 0.496 e. The Hall–Kier alpha value is -1.42. The number of halogens is 1. The van der Waals surface area contributed by atoms with Crippen LogP contribution in [0.3, 0.4) is 0 Å². The molecule has 2 N–H and O–H groups in total. The van der Waals surface area contributed by atoms with Crippen LogP contribution in [-0.2, 0) is 0 Å². The fourth-order valence-electron chi connectivity index (χ4n) is 1.37. The van der Waals surface area contributed by atoms with Crippen LogP contribution in [0.25, 0.3) is 0 Å². The molecule has 0 aromatic heterocycles. The van der Waals surface area contributed by atoms with Crippen molar-refractivity contribution in [3.63, 3.8) is 0 Å². The highest BCUT2D eigenvalue weighted by molar-refractivity contribution is 6.01. The average Bonchev–Trinajstić information content (AvgIpc) is 2.19. The van der Waals surface area contributed by atoms with Crippen molar-refractivity contribution >= 4 is 5.78 Å². The van der Waals surface area contributed by atoms with Crippen molar-refractivity contribution in [3.05, 3.63) is 29.1 Å². The lowest BCUT2D eigenvalue weighted by Gasteiger charge is -2.11. The zero-order valence-electron chi connectivity index (χ0n) is 9.00. The second-order valence-electron chi connectivity index (χ2n) is 3.43. The molecule has 3 nitrogen and oxygen atoms in total. The van der Waals surface area contributed by atoms with Crippen LogP contribution >= 0.6 is 0 Å². The Kier molecular flexibility index (Phi) is 3.42. The van der Waals surface area contributed by atoms with E-state index in [0.29, 0.717) is 11.3 Å². The maximum atomic E-state index is 13.1. The third-order valence-electron chi connectivity index (χ3n) is 2.22. The Balaban J connectivity index is 3.29. The molecular formula is C11H14FNO2. The summed E-state index contributed by atoms with van der Waals surface area (Å²) in [4.78, 5) is 11.6. The number of rotatable bonds is 3. The van der Waals surface area contributed by atoms with E-state index in [9.17, 15) is 9.18 Å². The molecule has 1 atom stereocenters. The van der Waals surface area contributed by atoms with Gasteiger partial charge in [-0.3, -0.25) is 4.79 Å². The first-order valence-corrected chi connectivity index (χ1v) is 4.61. The van der Waals surface area contributed by atoms with Crippen LogP contribution in [0.5, 0.6) is 5.75 Å². The summed E-state index contributed by atoms with van der Waals surface area (Å²) in [6.45, 7) is 3.27. The van der Waals surface area contributed by atoms with Crippen LogP contribution in [0, 0.1) is 12.7 Å². The van der Waals surface area contributed by atoms with Crippen LogP contribution in [0.2, 0.25) is 0 Å². The molecule has 0 bridgehead atoms. The summed E-state index contributed by atoms with van der Waals surface area (Å²) < 4.78 is 18.1. The zero-order chi connectivity index (χ0) is 11.6. The van der Waals surface area contributed by atoms with Crippen LogP contribution in [0.15, 0.2) is 12.1 Å². The highest BCUT2D eigenvalue weighted by atomic mass is 19.1. The Morgan fingerprint density at radius 1 is 1.53 bits per heavy atom. The smallest absolute Gasteiger partial charge is 0.179 e. The summed E-state index contributed by atoms with van der Waals surface area (Å²) in [5.74, 6) is -0.425. The van der Waals surface area contributed by atoms with Gasteiger partial charge in [0.1, 0.15) is 11.6 Å². The van der Waals surface area contributed by atoms with Gasteiger partial charge in [-0.2, -0.15) is 0 Å². The van der Waals surface area contributed by atoms with Gasteiger partial charge in [0.05, 0.1) is 13.2 Å². The molecule has 0 aliphatic heterocycles. The molecule has 0 amide bonds. The van der Waals surface area contributed by atoms with Crippen LogP contribution in [0.1, 0.15) is 22.8 Å². The number of ether oxygens (including phenoxy) is 1. The van der Waals surface area contributed by atoms with Gasteiger partial charge in [-0.1, -0.05) is 0 Å². The zero-order valence-corrected chi connectivity index (χ0v) is 9.00. The van der Waals surface area contributed by atoms with Gasteiger partial charge in [-0.25, -0.2) is 4.39 Å². The SMILES string of the molecule is COc1cc(F)cc(C(=O)C(C)N)c1C. The quantitative estimate of drug-likeness (QED) is 0.774. The Morgan fingerprint density at radius 3 is 2.60 bits per heavy atom. The average molecular weight is 211 g/mol. The maximum Gasteiger partial charge on any atom is 0.179 e. The summed E-state index contributed by atoms with van der Waals surface area (Å²) in [7, 11) is 1.43. The van der Waals surface area contributed by atoms with Crippen LogP contribution < -0.4 is 10.5 Å². The number of hydrogen-bond donors (Lipinski definition) is 1. The number of Topliss-reactive ketones (excluding diaryl/α,β-unsaturated/α-hetero) is 1. The third kappa shape index (κ3) is 2.33. The minimum absolute atomic E-state index is 0.279. The molecule has 0 fully saturated rings. The predicted octanol–water partition coefficient (Wildman–Crippen LogP) is 1.67. The summed E-state index contributed by atoms with van der Waals surface area (Å²) in [5.41, 5.74) is 6.36. The van der Waals surface area contributed by atoms with Crippen molar-refractivity contribution in [2.75, 3.05) is 7.11 Å². The minimum Gasteiger partial charge on any atom is -0.496 e. The van der Waals surface area contributed by atoms with Crippen molar-refractivity contribution in [2.45, 2.75) is 19.9 Å². The molecule has 0 saturated carbocycles. The van der Waals surface area contributed by atoms with E-state index < -0.39 is 11.9 Å². The number of hydrogen-bond acceptors (Lipinski definition) is 3. The van der Waals surface area contributed by atoms with E-state index in [2.05, 4.69) is 0 Å². The molecule has 0 heterocycles. The lowest BCUT2D eigenvalue weighted by atomic mass is 10.00. The first-order valence-electron chi connectivity index (χ1n) is 4.61. The summed E-state index contributed by atoms with van der Waals surface area (Å²) in [6, 6.07) is 1.78. The number of benzene rings is 1. The molecule has 1 aromatic rings. The van der Waals surface area contributed by atoms with Crippen LogP contribution in [-0.4, -0.2) is 18.9 Å². The third-order valence-corrected chi connectivity index (χ3v) is 2.22. The molecule has 1 rings (SSSR count). The molecule has 15 heavy (non-hydrogen) atoms. The van der Waals surface area contributed by atoms with E-state index in [0.717, 1.165) is 0 Å². The second-order valence-corrected chi connectivity index (χ2v) is 3.43. The summed E-state index contributed by atoms with van der Waals surface area (Å²) in [5, 5.41) is 0. The van der Waals surface area contributed by atoms with Crippen molar-refractivity contribution in [2.24, 2.45) is 5.73 Å². The van der Waals surface area contributed by atoms with Gasteiger partial charge in [0.25, 0.3) is 0 Å². The summed E-state index contributed by atoms with van der Waals surface area (Å²) in [6.07, 6.45) is 0. The van der Waals surface area contributed by atoms with Gasteiger partial charge in [-0.15, -0.1) is 0 Å². The molecule has 0 aliphatic rings. The van der Waals surface area contributed by atoms with E-state index in [1.54, 1.807) is 13.8 Å². The van der Waals surface area contributed by atoms with Crippen molar-refractivity contribution in [1.82, 2.24) is 0 Å². The van der Waals surface area contributed by atoms with Crippen LogP contribution in [0.4, 0.5) is 4.39 Å². The molecule has 1 unspecified atom stereocenters. The number of methoxy groups -OCH3 is 1. The monoisotopic (exact) mass is 211 g/mol. The number of nitrogens with two attached hydrogens (primary N) is 1. The number of carbonyl (C=O) groups excluding carboxylic acids is 1. The summed E-state index contributed by atoms with van der Waals surface area (Å²) >= 11 is 0. The van der Waals surface area contributed by atoms with Gasteiger partial charge in [0, 0.05) is 17.2 Å². The molecule has 4 heteroatoms. The van der Waals surface area contributed by atoms with Gasteiger partial charge in [0.15, 0.2) is 5.78 Å². The van der Waals surface area contributed by atoms with E-state index in [-0.39, 0.29) is 11.3 Å². The molecule has 1 aromatic carbocycles. The lowest BCUT2D eigenvalue weighted by molar-refractivity contribution is 0.0966. The topological polar surface area (TPSA) is 52.3 Å². The number of ketones is 1. The highest BCUT2D eigenvalue weighted by Crippen LogP contribution is 2.23. The molecular weight excluding hydrogens is 197 g/mol. The van der Waals surface area contributed by atoms with Gasteiger partial charge >= 0.3 is 0 Å². The molecule has 0 aliphatic carbocycles. The first-order chi connectivity index (χ1) is 6.97. The normalized spacial score (nSPS) is 12.3. The van der Waals surface area contributed by atoms with Crippen molar-refractivity contribution < 1.29 is 13.9 Å². The fraction of sp³-hybridized carbons (Fsp3) is 0.364. The second kappa shape index (κ2) is 4.40. The van der Waals surface area contributed by atoms with E-state index in [1.165, 1.54) is 19.2 Å². The van der Waals surface area contributed by atoms with Gasteiger partial charge in [-0.05, 0) is 19.9 Å². The predicted molar refractivity (Wildman–Crippen MR) is 55.7 cm³/mol. The van der Waals surface area contributed by atoms with Gasteiger partial charge < -0.3 is 10.5 Å². The molecule has 0 radical (unpaired) electrons. The van der Waals surface area contributed by atoms with E-state index >= 15 is 0 Å². The molecule has 0 saturated heterocycles. The fourth-order valence-corrected chi connectivity index (χ4v) is 1.37. The molecule has 0 spiro atoms. The van der Waals surface area contributed by atoms with E-state index in [1.807, 2.05) is 0 Å².